The molecule has 6 atom stereocenters. The Morgan fingerprint density at radius 1 is 0.875 bits per heavy atom. The number of hydrogen-bond acceptors (Lipinski definition) is 13. The highest BCUT2D eigenvalue weighted by Crippen LogP contribution is 2.37. The average molecular weight is 1010 g/mol. The SMILES string of the molecule is CC(C)CN[C@@H]1CC[C@H](N2CC[C@H](Nc3ncnc4ccc(C(F)(F)F)cc34)C2=O)[C@H](NC(=O)CCOCCNC(=O)CCCOC2CCC(OCCNC(=O)[C@H]3CC(=O)N(C)[C@@H]3c3cccnc3)CC2)C1. The highest BCUT2D eigenvalue weighted by molar-refractivity contribution is 5.93. The topological polar surface area (TPSA) is 218 Å². The van der Waals surface area contributed by atoms with Gasteiger partial charge in [0.2, 0.25) is 29.5 Å². The molecule has 2 aromatic heterocycles. The number of halogens is 3. The van der Waals surface area contributed by atoms with E-state index in [9.17, 15) is 37.1 Å². The monoisotopic (exact) mass is 1010 g/mol. The molecule has 5 amide bonds. The van der Waals surface area contributed by atoms with E-state index in [0.29, 0.717) is 76.4 Å². The van der Waals surface area contributed by atoms with Crippen molar-refractivity contribution in [3.63, 3.8) is 0 Å². The second kappa shape index (κ2) is 25.9. The number of fused-ring (bicyclic) bond motifs is 1. The highest BCUT2D eigenvalue weighted by atomic mass is 19.4. The fourth-order valence-electron chi connectivity index (χ4n) is 10.3. The predicted molar refractivity (Wildman–Crippen MR) is 261 cm³/mol. The van der Waals surface area contributed by atoms with Gasteiger partial charge in [-0.15, -0.1) is 0 Å². The lowest BCUT2D eigenvalue weighted by Crippen LogP contribution is -2.58. The van der Waals surface area contributed by atoms with Crippen LogP contribution >= 0.6 is 0 Å². The third-order valence-corrected chi connectivity index (χ3v) is 14.2. The van der Waals surface area contributed by atoms with E-state index in [2.05, 4.69) is 55.4 Å². The molecular formula is C51H71F3N10O8. The molecule has 0 bridgehead atoms. The number of carbonyl (C=O) groups excluding carboxylic acids is 5. The summed E-state index contributed by atoms with van der Waals surface area (Å²) < 4.78 is 58.5. The minimum Gasteiger partial charge on any atom is -0.379 e. The maximum atomic E-state index is 13.9. The number of nitrogens with zero attached hydrogens (tertiary/aromatic N) is 5. The van der Waals surface area contributed by atoms with Crippen molar-refractivity contribution in [2.75, 3.05) is 65.0 Å². The lowest BCUT2D eigenvalue weighted by Gasteiger charge is -2.42. The van der Waals surface area contributed by atoms with Gasteiger partial charge in [0.1, 0.15) is 18.2 Å². The standard InChI is InChI=1S/C51H71F3N10O8/c1-32(2)29-58-35-9-15-43(64-21-16-41(50(64)69)62-48-38-26-34(51(52,53)54)8-14-40(38)59-31-60-48)42(27-35)61-45(66)17-23-70-24-19-56-44(65)7-5-22-71-36-10-12-37(13-11-36)72-25-20-57-49(68)39-28-46(67)63(3)47(39)33-6-4-18-55-30-33/h4,6,8,14,18,26,30-32,35-37,39,41-43,47,58H,5,7,9-13,15-17,19-25,27-29H2,1-3H3,(H,56,65)(H,57,68)(H,61,66)(H,59,60,62)/t35-,36?,37?,39+,41+,42-,43+,47-/m1/s1. The van der Waals surface area contributed by atoms with Crippen molar-refractivity contribution in [3.05, 3.63) is 60.2 Å². The minimum atomic E-state index is -4.55. The van der Waals surface area contributed by atoms with Gasteiger partial charge < -0.3 is 50.6 Å². The van der Waals surface area contributed by atoms with Gasteiger partial charge in [-0.05, 0) is 100 Å². The Kier molecular flexibility index (Phi) is 19.5. The molecule has 4 fully saturated rings. The lowest BCUT2D eigenvalue weighted by atomic mass is 9.85. The summed E-state index contributed by atoms with van der Waals surface area (Å²) in [4.78, 5) is 81.1. The number of aromatic nitrogens is 3. The number of carbonyl (C=O) groups is 5. The Labute approximate surface area is 419 Å². The zero-order chi connectivity index (χ0) is 51.2. The Morgan fingerprint density at radius 3 is 2.38 bits per heavy atom. The number of rotatable bonds is 24. The van der Waals surface area contributed by atoms with E-state index >= 15 is 0 Å². The Balaban J connectivity index is 0.744. The molecule has 1 aromatic carbocycles. The average Bonchev–Trinajstić information content (AvgIpc) is 3.88. The number of likely N-dealkylation sites (tertiary alicyclic amines) is 2. The fraction of sp³-hybridized carbons (Fsp3) is 0.647. The van der Waals surface area contributed by atoms with Crippen molar-refractivity contribution in [2.45, 2.75) is 139 Å². The van der Waals surface area contributed by atoms with Crippen LogP contribution in [0.5, 0.6) is 0 Å². The summed E-state index contributed by atoms with van der Waals surface area (Å²) in [5, 5.41) is 15.9. The fourth-order valence-corrected chi connectivity index (χ4v) is 10.3. The van der Waals surface area contributed by atoms with Crippen molar-refractivity contribution >= 4 is 46.3 Å². The molecule has 72 heavy (non-hydrogen) atoms. The van der Waals surface area contributed by atoms with Gasteiger partial charge in [-0.25, -0.2) is 9.97 Å². The first kappa shape index (κ1) is 54.3. The van der Waals surface area contributed by atoms with E-state index in [1.165, 1.54) is 12.4 Å². The van der Waals surface area contributed by atoms with Crippen LogP contribution in [0, 0.1) is 11.8 Å². The van der Waals surface area contributed by atoms with Crippen molar-refractivity contribution < 1.29 is 51.4 Å². The van der Waals surface area contributed by atoms with E-state index in [4.69, 9.17) is 14.2 Å². The van der Waals surface area contributed by atoms with Crippen molar-refractivity contribution in [1.29, 1.82) is 0 Å². The smallest absolute Gasteiger partial charge is 0.379 e. The second-order valence-electron chi connectivity index (χ2n) is 19.8. The number of anilines is 1. The summed E-state index contributed by atoms with van der Waals surface area (Å²) in [5.74, 6) is -0.647. The first-order chi connectivity index (χ1) is 34.6. The quantitative estimate of drug-likeness (QED) is 0.0771. The van der Waals surface area contributed by atoms with E-state index < -0.39 is 23.7 Å². The Hall–Kier alpha value is -5.51. The number of amides is 5. The van der Waals surface area contributed by atoms with Crippen LogP contribution in [0.3, 0.4) is 0 Å². The number of hydrogen-bond donors (Lipinski definition) is 5. The largest absolute Gasteiger partial charge is 0.416 e. The molecule has 2 saturated carbocycles. The Morgan fingerprint density at radius 2 is 1.64 bits per heavy atom. The van der Waals surface area contributed by atoms with Crippen LogP contribution < -0.4 is 26.6 Å². The number of nitrogens with one attached hydrogen (secondary N) is 5. The number of pyridine rings is 1. The molecule has 2 saturated heterocycles. The van der Waals surface area contributed by atoms with E-state index in [0.717, 1.165) is 56.3 Å². The summed E-state index contributed by atoms with van der Waals surface area (Å²) >= 11 is 0. The maximum Gasteiger partial charge on any atom is 0.416 e. The molecule has 5 N–H and O–H groups in total. The van der Waals surface area contributed by atoms with E-state index in [1.54, 1.807) is 35.3 Å². The molecule has 394 valence electrons. The molecule has 0 radical (unpaired) electrons. The normalized spacial score (nSPS) is 24.8. The van der Waals surface area contributed by atoms with Crippen LogP contribution in [0.1, 0.15) is 108 Å². The van der Waals surface area contributed by atoms with E-state index in [1.807, 2.05) is 6.07 Å². The number of benzene rings is 1. The van der Waals surface area contributed by atoms with Crippen LogP contribution in [-0.2, 0) is 44.4 Å². The third kappa shape index (κ3) is 15.0. The molecule has 3 aromatic rings. The van der Waals surface area contributed by atoms with Gasteiger partial charge in [-0.2, -0.15) is 13.2 Å². The predicted octanol–water partition coefficient (Wildman–Crippen LogP) is 4.69. The Bertz CT molecular complexity index is 2290. The van der Waals surface area contributed by atoms with Gasteiger partial charge in [0, 0.05) is 76.4 Å². The molecule has 4 heterocycles. The molecular weight excluding hydrogens is 938 g/mol. The molecule has 7 rings (SSSR count). The zero-order valence-electron chi connectivity index (χ0n) is 41.6. The third-order valence-electron chi connectivity index (χ3n) is 14.2. The van der Waals surface area contributed by atoms with Crippen LogP contribution in [0.4, 0.5) is 19.0 Å². The summed E-state index contributed by atoms with van der Waals surface area (Å²) in [6.07, 6.45) is 7.30. The molecule has 18 nitrogen and oxygen atoms in total. The van der Waals surface area contributed by atoms with Gasteiger partial charge in [-0.1, -0.05) is 19.9 Å². The van der Waals surface area contributed by atoms with Gasteiger partial charge in [0.05, 0.1) is 67.2 Å². The number of alkyl halides is 3. The molecule has 4 aliphatic rings. The minimum absolute atomic E-state index is 0.0685. The molecule has 0 unspecified atom stereocenters. The zero-order valence-corrected chi connectivity index (χ0v) is 41.6. The van der Waals surface area contributed by atoms with Crippen LogP contribution in [0.25, 0.3) is 10.9 Å². The first-order valence-electron chi connectivity index (χ1n) is 25.6. The highest BCUT2D eigenvalue weighted by Gasteiger charge is 2.44. The summed E-state index contributed by atoms with van der Waals surface area (Å²) in [6, 6.07) is 5.44. The van der Waals surface area contributed by atoms with Crippen LogP contribution in [0.15, 0.2) is 49.1 Å². The van der Waals surface area contributed by atoms with Crippen LogP contribution in [0.2, 0.25) is 0 Å². The summed E-state index contributed by atoms with van der Waals surface area (Å²) in [6.45, 7) is 7.39. The lowest BCUT2D eigenvalue weighted by molar-refractivity contribution is -0.137. The number of ether oxygens (including phenoxy) is 3. The van der Waals surface area contributed by atoms with Gasteiger partial charge in [0.15, 0.2) is 0 Å². The molecule has 2 aliphatic heterocycles. The molecule has 2 aliphatic carbocycles. The van der Waals surface area contributed by atoms with Gasteiger partial charge in [-0.3, -0.25) is 29.0 Å². The summed E-state index contributed by atoms with van der Waals surface area (Å²) in [7, 11) is 1.72. The van der Waals surface area contributed by atoms with Crippen LogP contribution in [-0.4, -0.2) is 150 Å². The first-order valence-corrected chi connectivity index (χ1v) is 25.6. The maximum absolute atomic E-state index is 13.9. The molecule has 21 heteroatoms. The van der Waals surface area contributed by atoms with Crippen molar-refractivity contribution in [1.82, 2.24) is 46.0 Å². The molecule has 0 spiro atoms. The summed E-state index contributed by atoms with van der Waals surface area (Å²) in [5.41, 5.74) is 0.331. The second-order valence-corrected chi connectivity index (χ2v) is 19.8. The van der Waals surface area contributed by atoms with Gasteiger partial charge in [0.25, 0.3) is 0 Å². The van der Waals surface area contributed by atoms with Crippen molar-refractivity contribution in [3.8, 4) is 0 Å². The van der Waals surface area contributed by atoms with E-state index in [-0.39, 0.29) is 103 Å². The van der Waals surface area contributed by atoms with Gasteiger partial charge >= 0.3 is 6.18 Å². The van der Waals surface area contributed by atoms with Crippen molar-refractivity contribution in [2.24, 2.45) is 11.8 Å².